The molecule has 1 aromatic rings. The van der Waals surface area contributed by atoms with Crippen molar-refractivity contribution in [1.82, 2.24) is 0 Å². The third-order valence-corrected chi connectivity index (χ3v) is 4.62. The van der Waals surface area contributed by atoms with Crippen molar-refractivity contribution < 1.29 is 14.4 Å². The number of benzene rings is 1. The van der Waals surface area contributed by atoms with E-state index in [1.165, 1.54) is 19.4 Å². The largest absolute Gasteiger partial charge is 0.399 e. The quantitative estimate of drug-likeness (QED) is 0.473. The number of carbonyl (C=O) groups is 2. The van der Waals surface area contributed by atoms with Gasteiger partial charge in [0, 0.05) is 16.7 Å². The van der Waals surface area contributed by atoms with Gasteiger partial charge in [-0.15, -0.1) is 0 Å². The maximum absolute atomic E-state index is 12.6. The van der Waals surface area contributed by atoms with Gasteiger partial charge >= 0.3 is 0 Å². The van der Waals surface area contributed by atoms with Crippen molar-refractivity contribution in [1.29, 1.82) is 0 Å². The molecule has 1 aliphatic heterocycles. The first-order valence-electron chi connectivity index (χ1n) is 7.21. The van der Waals surface area contributed by atoms with Gasteiger partial charge in [-0.3, -0.25) is 9.59 Å². The predicted octanol–water partition coefficient (Wildman–Crippen LogP) is 3.72. The summed E-state index contributed by atoms with van der Waals surface area (Å²) in [6.07, 6.45) is 4.53. The van der Waals surface area contributed by atoms with Crippen LogP contribution in [0.3, 0.4) is 0 Å². The lowest BCUT2D eigenvalue weighted by atomic mass is 9.93. The van der Waals surface area contributed by atoms with Crippen LogP contribution in [0.15, 0.2) is 28.4 Å². The van der Waals surface area contributed by atoms with Crippen LogP contribution in [0.25, 0.3) is 0 Å². The molecule has 5 nitrogen and oxygen atoms in total. The average Bonchev–Trinajstić information content (AvgIpc) is 2.79. The SMILES string of the molecule is CON=Cc1cc(N2C(=O)C3=C(CCCC3)C2=O)c(Cl)cc1Cl. The fourth-order valence-corrected chi connectivity index (χ4v) is 3.41. The van der Waals surface area contributed by atoms with E-state index in [0.29, 0.717) is 40.3 Å². The third-order valence-electron chi connectivity index (χ3n) is 3.99. The minimum Gasteiger partial charge on any atom is -0.399 e. The lowest BCUT2D eigenvalue weighted by Crippen LogP contribution is -2.31. The van der Waals surface area contributed by atoms with Gasteiger partial charge in [0.05, 0.1) is 21.9 Å². The number of halogens is 2. The van der Waals surface area contributed by atoms with Crippen LogP contribution in [0.1, 0.15) is 31.2 Å². The molecule has 0 N–H and O–H groups in total. The van der Waals surface area contributed by atoms with Gasteiger partial charge < -0.3 is 4.84 Å². The molecule has 2 amide bonds. The molecule has 1 aliphatic carbocycles. The van der Waals surface area contributed by atoms with Gasteiger partial charge in [-0.2, -0.15) is 0 Å². The van der Waals surface area contributed by atoms with Gasteiger partial charge in [-0.25, -0.2) is 4.90 Å². The summed E-state index contributed by atoms with van der Waals surface area (Å²) in [6, 6.07) is 3.06. The summed E-state index contributed by atoms with van der Waals surface area (Å²) in [5, 5.41) is 4.26. The van der Waals surface area contributed by atoms with Gasteiger partial charge in [0.2, 0.25) is 0 Å². The fourth-order valence-electron chi connectivity index (χ4n) is 2.89. The molecule has 120 valence electrons. The molecule has 0 saturated carbocycles. The standard InChI is InChI=1S/C16H14Cl2N2O3/c1-23-19-8-9-6-14(13(18)7-12(9)17)20-15(21)10-4-2-3-5-11(10)16(20)22/h6-8H,2-5H2,1H3. The Hall–Kier alpha value is -1.85. The van der Waals surface area contributed by atoms with Crippen molar-refractivity contribution in [3.05, 3.63) is 38.9 Å². The van der Waals surface area contributed by atoms with Crippen molar-refractivity contribution >= 4 is 46.9 Å². The zero-order valence-corrected chi connectivity index (χ0v) is 13.9. The minimum absolute atomic E-state index is 0.242. The number of imide groups is 1. The second kappa shape index (κ2) is 6.34. The monoisotopic (exact) mass is 352 g/mol. The second-order valence-corrected chi connectivity index (χ2v) is 6.17. The molecule has 7 heteroatoms. The van der Waals surface area contributed by atoms with Gasteiger partial charge in [-0.05, 0) is 37.8 Å². The van der Waals surface area contributed by atoms with E-state index in [-0.39, 0.29) is 16.8 Å². The van der Waals surface area contributed by atoms with Gasteiger partial charge in [0.15, 0.2) is 0 Å². The number of oxime groups is 1. The highest BCUT2D eigenvalue weighted by atomic mass is 35.5. The van der Waals surface area contributed by atoms with E-state index in [1.807, 2.05) is 0 Å². The molecule has 1 heterocycles. The number of carbonyl (C=O) groups excluding carboxylic acids is 2. The molecule has 2 aliphatic rings. The fraction of sp³-hybridized carbons (Fsp3) is 0.312. The van der Waals surface area contributed by atoms with E-state index in [1.54, 1.807) is 6.07 Å². The zero-order chi connectivity index (χ0) is 16.6. The lowest BCUT2D eigenvalue weighted by molar-refractivity contribution is -0.120. The molecule has 3 rings (SSSR count). The third kappa shape index (κ3) is 2.75. The van der Waals surface area contributed by atoms with Crippen LogP contribution >= 0.6 is 23.2 Å². The molecule has 0 radical (unpaired) electrons. The highest BCUT2D eigenvalue weighted by molar-refractivity contribution is 6.41. The summed E-state index contributed by atoms with van der Waals surface area (Å²) in [5.74, 6) is -0.577. The molecular weight excluding hydrogens is 339 g/mol. The first kappa shape index (κ1) is 16.0. The van der Waals surface area contributed by atoms with Crippen molar-refractivity contribution in [2.45, 2.75) is 25.7 Å². The Morgan fingerprint density at radius 1 is 1.09 bits per heavy atom. The Bertz CT molecular complexity index is 728. The maximum Gasteiger partial charge on any atom is 0.261 e. The van der Waals surface area contributed by atoms with Crippen LogP contribution in [0, 0.1) is 0 Å². The first-order chi connectivity index (χ1) is 11.0. The van der Waals surface area contributed by atoms with Crippen molar-refractivity contribution in [3.63, 3.8) is 0 Å². The number of hydrogen-bond acceptors (Lipinski definition) is 4. The highest BCUT2D eigenvalue weighted by Gasteiger charge is 2.40. The number of anilines is 1. The Kier molecular flexibility index (Phi) is 4.41. The predicted molar refractivity (Wildman–Crippen MR) is 89.1 cm³/mol. The molecule has 0 saturated heterocycles. The summed E-state index contributed by atoms with van der Waals surface area (Å²) < 4.78 is 0. The number of rotatable bonds is 3. The zero-order valence-electron chi connectivity index (χ0n) is 12.4. The van der Waals surface area contributed by atoms with Crippen LogP contribution in [0.4, 0.5) is 5.69 Å². The Morgan fingerprint density at radius 3 is 2.26 bits per heavy atom. The summed E-state index contributed by atoms with van der Waals surface area (Å²) in [4.78, 5) is 31.0. The minimum atomic E-state index is -0.288. The summed E-state index contributed by atoms with van der Waals surface area (Å²) >= 11 is 12.3. The summed E-state index contributed by atoms with van der Waals surface area (Å²) in [5.41, 5.74) is 2.05. The van der Waals surface area contributed by atoms with Crippen LogP contribution in [0.2, 0.25) is 10.0 Å². The Labute approximate surface area is 143 Å². The average molecular weight is 353 g/mol. The van der Waals surface area contributed by atoms with Gasteiger partial charge in [-0.1, -0.05) is 28.4 Å². The van der Waals surface area contributed by atoms with Crippen LogP contribution in [-0.2, 0) is 14.4 Å². The molecule has 23 heavy (non-hydrogen) atoms. The van der Waals surface area contributed by atoms with E-state index in [0.717, 1.165) is 17.7 Å². The van der Waals surface area contributed by atoms with Crippen molar-refractivity contribution in [2.75, 3.05) is 12.0 Å². The number of hydrogen-bond donors (Lipinski definition) is 0. The molecule has 0 fully saturated rings. The topological polar surface area (TPSA) is 59.0 Å². The molecule has 0 unspecified atom stereocenters. The van der Waals surface area contributed by atoms with Gasteiger partial charge in [0.1, 0.15) is 7.11 Å². The maximum atomic E-state index is 12.6. The summed E-state index contributed by atoms with van der Waals surface area (Å²) in [7, 11) is 1.41. The Morgan fingerprint density at radius 2 is 1.70 bits per heavy atom. The van der Waals surface area contributed by atoms with E-state index < -0.39 is 0 Å². The lowest BCUT2D eigenvalue weighted by Gasteiger charge is -2.17. The highest BCUT2D eigenvalue weighted by Crippen LogP contribution is 2.39. The first-order valence-corrected chi connectivity index (χ1v) is 7.96. The molecule has 1 aromatic carbocycles. The molecular formula is C16H14Cl2N2O3. The smallest absolute Gasteiger partial charge is 0.261 e. The number of amides is 2. The van der Waals surface area contributed by atoms with Crippen LogP contribution in [-0.4, -0.2) is 25.1 Å². The van der Waals surface area contributed by atoms with E-state index in [9.17, 15) is 9.59 Å². The molecule has 0 spiro atoms. The van der Waals surface area contributed by atoms with Crippen LogP contribution in [0.5, 0.6) is 0 Å². The van der Waals surface area contributed by atoms with E-state index in [4.69, 9.17) is 23.2 Å². The molecule has 0 bridgehead atoms. The van der Waals surface area contributed by atoms with Crippen molar-refractivity contribution in [2.24, 2.45) is 5.16 Å². The van der Waals surface area contributed by atoms with Crippen molar-refractivity contribution in [3.8, 4) is 0 Å². The van der Waals surface area contributed by atoms with Crippen LogP contribution < -0.4 is 4.90 Å². The normalized spacial score (nSPS) is 18.1. The van der Waals surface area contributed by atoms with Gasteiger partial charge in [0.25, 0.3) is 11.8 Å². The Balaban J connectivity index is 2.04. The summed E-state index contributed by atoms with van der Waals surface area (Å²) in [6.45, 7) is 0. The molecule has 0 atom stereocenters. The second-order valence-electron chi connectivity index (χ2n) is 5.35. The molecule has 0 aromatic heterocycles. The number of nitrogens with zero attached hydrogens (tertiary/aromatic N) is 2. The van der Waals surface area contributed by atoms with E-state index in [2.05, 4.69) is 9.99 Å². The van der Waals surface area contributed by atoms with E-state index >= 15 is 0 Å².